The van der Waals surface area contributed by atoms with Gasteiger partial charge >= 0.3 is 12.7 Å². The van der Waals surface area contributed by atoms with Crippen molar-refractivity contribution in [3.63, 3.8) is 0 Å². The number of aromatic nitrogens is 2. The van der Waals surface area contributed by atoms with Gasteiger partial charge in [-0.2, -0.15) is 27.1 Å². The predicted octanol–water partition coefficient (Wildman–Crippen LogP) is 3.79. The molecule has 1 amide bonds. The number of primary sulfonamides is 1. The van der Waals surface area contributed by atoms with Gasteiger partial charge in [-0.25, -0.2) is 18.2 Å². The number of rotatable bonds is 6. The monoisotopic (exact) mass is 474 g/mol. The highest BCUT2D eigenvalue weighted by Crippen LogP contribution is 2.33. The Morgan fingerprint density at radius 1 is 1.16 bits per heavy atom. The summed E-state index contributed by atoms with van der Waals surface area (Å²) in [6, 6.07) is 8.00. The summed E-state index contributed by atoms with van der Waals surface area (Å²) in [7, 11) is -4.36. The molecule has 0 saturated carbocycles. The summed E-state index contributed by atoms with van der Waals surface area (Å²) < 4.78 is 89.2. The van der Waals surface area contributed by atoms with Gasteiger partial charge in [0.25, 0.3) is 0 Å². The van der Waals surface area contributed by atoms with Crippen molar-refractivity contribution in [1.29, 1.82) is 0 Å². The third-order valence-corrected chi connectivity index (χ3v) is 5.31. The molecule has 0 aliphatic heterocycles. The Morgan fingerprint density at radius 2 is 1.84 bits per heavy atom. The summed E-state index contributed by atoms with van der Waals surface area (Å²) in [4.78, 5) is 11.8. The van der Waals surface area contributed by atoms with E-state index in [1.807, 2.05) is 0 Å². The van der Waals surface area contributed by atoms with Crippen LogP contribution in [0.4, 0.5) is 27.6 Å². The summed E-state index contributed by atoms with van der Waals surface area (Å²) in [6.07, 6.45) is -3.34. The lowest BCUT2D eigenvalue weighted by atomic mass is 10.0. The molecule has 0 radical (unpaired) electrons. The summed E-state index contributed by atoms with van der Waals surface area (Å²) >= 11 is 0. The average molecular weight is 474 g/mol. The first-order valence-corrected chi connectivity index (χ1v) is 10.4. The van der Waals surface area contributed by atoms with E-state index in [-0.39, 0.29) is 22.4 Å². The Bertz CT molecular complexity index is 1260. The van der Waals surface area contributed by atoms with Crippen LogP contribution in [0, 0.1) is 0 Å². The minimum absolute atomic E-state index is 0.0336. The molecule has 3 aromatic rings. The van der Waals surface area contributed by atoms with Crippen LogP contribution >= 0.6 is 0 Å². The van der Waals surface area contributed by atoms with E-state index >= 15 is 0 Å². The molecule has 170 valence electrons. The molecule has 0 spiro atoms. The van der Waals surface area contributed by atoms with E-state index < -0.39 is 45.5 Å². The van der Waals surface area contributed by atoms with Crippen LogP contribution in [-0.2, 0) is 27.4 Å². The van der Waals surface area contributed by atoms with E-state index in [1.54, 1.807) is 0 Å². The van der Waals surface area contributed by atoms with Crippen molar-refractivity contribution in [1.82, 2.24) is 9.78 Å². The second-order valence-electron chi connectivity index (χ2n) is 6.62. The second-order valence-corrected chi connectivity index (χ2v) is 8.15. The van der Waals surface area contributed by atoms with E-state index in [9.17, 15) is 35.2 Å². The molecule has 0 atom stereocenters. The van der Waals surface area contributed by atoms with Crippen molar-refractivity contribution in [3.05, 3.63) is 66.0 Å². The topological polar surface area (TPSA) is 107 Å². The number of nitrogens with one attached hydrogen (secondary N) is 1. The number of anilines is 1. The minimum Gasteiger partial charge on any atom is -0.326 e. The zero-order valence-electron chi connectivity index (χ0n) is 16.0. The highest BCUT2D eigenvalue weighted by atomic mass is 32.2. The van der Waals surface area contributed by atoms with Crippen molar-refractivity contribution >= 4 is 21.6 Å². The van der Waals surface area contributed by atoms with Crippen LogP contribution in [0.5, 0.6) is 0 Å². The first-order chi connectivity index (χ1) is 14.9. The van der Waals surface area contributed by atoms with Gasteiger partial charge in [-0.1, -0.05) is 24.3 Å². The summed E-state index contributed by atoms with van der Waals surface area (Å²) in [5.74, 6) is -0.833. The van der Waals surface area contributed by atoms with Crippen LogP contribution in [0.25, 0.3) is 11.1 Å². The highest BCUT2D eigenvalue weighted by Gasteiger charge is 2.33. The van der Waals surface area contributed by atoms with Gasteiger partial charge in [-0.05, 0) is 23.8 Å². The van der Waals surface area contributed by atoms with Crippen LogP contribution in [-0.4, -0.2) is 24.1 Å². The number of alkyl halides is 5. The van der Waals surface area contributed by atoms with Gasteiger partial charge < -0.3 is 5.32 Å². The van der Waals surface area contributed by atoms with E-state index in [4.69, 9.17) is 5.14 Å². The van der Waals surface area contributed by atoms with Crippen LogP contribution in [0.1, 0.15) is 17.7 Å². The Hall–Kier alpha value is -3.32. The maximum absolute atomic E-state index is 13.1. The van der Waals surface area contributed by atoms with Crippen molar-refractivity contribution in [2.75, 3.05) is 5.32 Å². The second kappa shape index (κ2) is 8.67. The first kappa shape index (κ1) is 23.3. The standard InChI is InChI=1S/C19H15F5N4O3S/c20-18(21)28-10-12(9-26-28)14-6-5-13(8-16(14)32(25,30)31)27-17(29)7-11-3-1-2-4-15(11)19(22,23)24/h1-6,8-10,18H,7H2,(H,27,29)(H2,25,30,31). The molecule has 3 N–H and O–H groups in total. The lowest BCUT2D eigenvalue weighted by Gasteiger charge is -2.13. The van der Waals surface area contributed by atoms with Gasteiger partial charge in [0.2, 0.25) is 15.9 Å². The van der Waals surface area contributed by atoms with Gasteiger partial charge in [0, 0.05) is 23.0 Å². The number of benzene rings is 2. The smallest absolute Gasteiger partial charge is 0.326 e. The third-order valence-electron chi connectivity index (χ3n) is 4.36. The lowest BCUT2D eigenvalue weighted by molar-refractivity contribution is -0.138. The van der Waals surface area contributed by atoms with Crippen LogP contribution in [0.15, 0.2) is 59.8 Å². The molecule has 7 nitrogen and oxygen atoms in total. The Balaban J connectivity index is 1.89. The quantitative estimate of drug-likeness (QED) is 0.530. The zero-order chi connectivity index (χ0) is 23.7. The molecule has 0 aliphatic rings. The number of halogens is 5. The fourth-order valence-corrected chi connectivity index (χ4v) is 3.77. The minimum atomic E-state index is -4.65. The molecule has 0 unspecified atom stereocenters. The number of carbonyl (C=O) groups excluding carboxylic acids is 1. The number of carbonyl (C=O) groups is 1. The van der Waals surface area contributed by atoms with Crippen LogP contribution < -0.4 is 10.5 Å². The number of sulfonamides is 1. The van der Waals surface area contributed by atoms with Gasteiger partial charge in [-0.15, -0.1) is 0 Å². The van der Waals surface area contributed by atoms with Gasteiger partial charge in [0.1, 0.15) is 0 Å². The Morgan fingerprint density at radius 3 is 2.44 bits per heavy atom. The zero-order valence-corrected chi connectivity index (χ0v) is 16.8. The van der Waals surface area contributed by atoms with E-state index in [2.05, 4.69) is 10.4 Å². The van der Waals surface area contributed by atoms with E-state index in [0.717, 1.165) is 30.6 Å². The summed E-state index contributed by atoms with van der Waals surface area (Å²) in [6.45, 7) is -2.94. The SMILES string of the molecule is NS(=O)(=O)c1cc(NC(=O)Cc2ccccc2C(F)(F)F)ccc1-c1cnn(C(F)F)c1. The summed E-state index contributed by atoms with van der Waals surface area (Å²) in [5.41, 5.74) is -1.30. The van der Waals surface area contributed by atoms with Crippen LogP contribution in [0.3, 0.4) is 0 Å². The van der Waals surface area contributed by atoms with Gasteiger partial charge in [0.05, 0.1) is 23.1 Å². The maximum atomic E-state index is 13.1. The van der Waals surface area contributed by atoms with Gasteiger partial charge in [-0.3, -0.25) is 4.79 Å². The number of amides is 1. The number of nitrogens with two attached hydrogens (primary N) is 1. The molecule has 1 heterocycles. The largest absolute Gasteiger partial charge is 0.416 e. The third kappa shape index (κ3) is 5.29. The normalized spacial score (nSPS) is 12.2. The molecular formula is C19H15F5N4O3S. The van der Waals surface area contributed by atoms with Crippen molar-refractivity contribution in [2.45, 2.75) is 24.0 Å². The van der Waals surface area contributed by atoms with Gasteiger partial charge in [0.15, 0.2) is 0 Å². The number of nitrogens with zero attached hydrogens (tertiary/aromatic N) is 2. The fraction of sp³-hybridized carbons (Fsp3) is 0.158. The molecule has 32 heavy (non-hydrogen) atoms. The number of hydrogen-bond acceptors (Lipinski definition) is 4. The lowest BCUT2D eigenvalue weighted by Crippen LogP contribution is -2.19. The molecule has 13 heteroatoms. The highest BCUT2D eigenvalue weighted by molar-refractivity contribution is 7.89. The predicted molar refractivity (Wildman–Crippen MR) is 104 cm³/mol. The molecule has 0 aliphatic carbocycles. The average Bonchev–Trinajstić information content (AvgIpc) is 3.17. The molecule has 0 fully saturated rings. The molecule has 0 bridgehead atoms. The van der Waals surface area contributed by atoms with Crippen molar-refractivity contribution in [2.24, 2.45) is 5.14 Å². The van der Waals surface area contributed by atoms with Crippen LogP contribution in [0.2, 0.25) is 0 Å². The molecule has 0 saturated heterocycles. The van der Waals surface area contributed by atoms with Crippen molar-refractivity contribution < 1.29 is 35.2 Å². The summed E-state index contributed by atoms with van der Waals surface area (Å²) in [5, 5.41) is 11.0. The number of hydrogen-bond donors (Lipinski definition) is 2. The fourth-order valence-electron chi connectivity index (χ4n) is 2.99. The molecular weight excluding hydrogens is 459 g/mol. The van der Waals surface area contributed by atoms with E-state index in [1.165, 1.54) is 24.3 Å². The molecule has 3 rings (SSSR count). The molecule has 1 aromatic heterocycles. The van der Waals surface area contributed by atoms with Crippen molar-refractivity contribution in [3.8, 4) is 11.1 Å². The Labute approximate surface area is 178 Å². The Kier molecular flexibility index (Phi) is 6.32. The first-order valence-electron chi connectivity index (χ1n) is 8.81. The molecule has 2 aromatic carbocycles. The van der Waals surface area contributed by atoms with E-state index in [0.29, 0.717) is 4.68 Å². The maximum Gasteiger partial charge on any atom is 0.416 e.